The Balaban J connectivity index is 2.16. The van der Waals surface area contributed by atoms with Crippen molar-refractivity contribution in [3.05, 3.63) is 34.9 Å². The highest BCUT2D eigenvalue weighted by Crippen LogP contribution is 2.14. The molecule has 0 saturated carbocycles. The maximum absolute atomic E-state index is 6.15. The number of halogens is 1. The third-order valence-corrected chi connectivity index (χ3v) is 4.13. The SMILES string of the molecule is CCCCN(CCCC)CCCNCc1ccccc1Cl. The van der Waals surface area contributed by atoms with Crippen molar-refractivity contribution < 1.29 is 0 Å². The Labute approximate surface area is 135 Å². The molecule has 3 heteroatoms. The first-order valence-electron chi connectivity index (χ1n) is 8.44. The molecule has 0 aromatic heterocycles. The first-order chi connectivity index (χ1) is 10.3. The Hall–Kier alpha value is -0.570. The van der Waals surface area contributed by atoms with Crippen LogP contribution in [0.2, 0.25) is 5.02 Å². The molecule has 2 nitrogen and oxygen atoms in total. The molecule has 0 saturated heterocycles. The number of hydrogen-bond acceptors (Lipinski definition) is 2. The molecular weight excluding hydrogens is 280 g/mol. The predicted molar refractivity (Wildman–Crippen MR) is 94.0 cm³/mol. The molecule has 0 unspecified atom stereocenters. The molecule has 0 heterocycles. The molecule has 1 aromatic rings. The number of hydrogen-bond donors (Lipinski definition) is 1. The highest BCUT2D eigenvalue weighted by Gasteiger charge is 2.03. The fourth-order valence-corrected chi connectivity index (χ4v) is 2.59. The third-order valence-electron chi connectivity index (χ3n) is 3.76. The maximum Gasteiger partial charge on any atom is 0.0450 e. The van der Waals surface area contributed by atoms with Gasteiger partial charge >= 0.3 is 0 Å². The Kier molecular flexibility index (Phi) is 10.6. The average molecular weight is 311 g/mol. The van der Waals surface area contributed by atoms with Crippen LogP contribution in [0.1, 0.15) is 51.5 Å². The average Bonchev–Trinajstić information content (AvgIpc) is 2.50. The van der Waals surface area contributed by atoms with Crippen LogP contribution in [0, 0.1) is 0 Å². The Morgan fingerprint density at radius 1 is 0.952 bits per heavy atom. The molecule has 0 aliphatic carbocycles. The summed E-state index contributed by atoms with van der Waals surface area (Å²) in [5.74, 6) is 0. The van der Waals surface area contributed by atoms with Crippen molar-refractivity contribution in [2.75, 3.05) is 26.2 Å². The van der Waals surface area contributed by atoms with Gasteiger partial charge in [0.05, 0.1) is 0 Å². The van der Waals surface area contributed by atoms with Gasteiger partial charge in [0, 0.05) is 11.6 Å². The molecule has 0 aliphatic heterocycles. The summed E-state index contributed by atoms with van der Waals surface area (Å²) >= 11 is 6.15. The minimum Gasteiger partial charge on any atom is -0.313 e. The molecule has 1 rings (SSSR count). The molecule has 0 spiro atoms. The fourth-order valence-electron chi connectivity index (χ4n) is 2.39. The topological polar surface area (TPSA) is 15.3 Å². The monoisotopic (exact) mass is 310 g/mol. The summed E-state index contributed by atoms with van der Waals surface area (Å²) in [6.07, 6.45) is 6.41. The minimum absolute atomic E-state index is 0.859. The van der Waals surface area contributed by atoms with Gasteiger partial charge in [0.2, 0.25) is 0 Å². The molecule has 0 aliphatic rings. The van der Waals surface area contributed by atoms with E-state index >= 15 is 0 Å². The Morgan fingerprint density at radius 2 is 1.57 bits per heavy atom. The van der Waals surface area contributed by atoms with E-state index in [1.807, 2.05) is 18.2 Å². The van der Waals surface area contributed by atoms with Crippen molar-refractivity contribution in [2.24, 2.45) is 0 Å². The maximum atomic E-state index is 6.15. The van der Waals surface area contributed by atoms with Crippen LogP contribution in [0.15, 0.2) is 24.3 Å². The van der Waals surface area contributed by atoms with Crippen LogP contribution in [0.3, 0.4) is 0 Å². The van der Waals surface area contributed by atoms with Crippen LogP contribution in [-0.4, -0.2) is 31.1 Å². The van der Waals surface area contributed by atoms with Crippen molar-refractivity contribution in [2.45, 2.75) is 52.5 Å². The van der Waals surface area contributed by atoms with E-state index in [1.165, 1.54) is 57.3 Å². The van der Waals surface area contributed by atoms with E-state index in [2.05, 4.69) is 30.1 Å². The molecule has 21 heavy (non-hydrogen) atoms. The van der Waals surface area contributed by atoms with E-state index in [-0.39, 0.29) is 0 Å². The van der Waals surface area contributed by atoms with Crippen molar-refractivity contribution in [3.63, 3.8) is 0 Å². The Morgan fingerprint density at radius 3 is 2.19 bits per heavy atom. The lowest BCUT2D eigenvalue weighted by molar-refractivity contribution is 0.261. The highest BCUT2D eigenvalue weighted by atomic mass is 35.5. The molecule has 1 N–H and O–H groups in total. The fraction of sp³-hybridized carbons (Fsp3) is 0.667. The van der Waals surface area contributed by atoms with Gasteiger partial charge in [-0.25, -0.2) is 0 Å². The largest absolute Gasteiger partial charge is 0.313 e. The van der Waals surface area contributed by atoms with Gasteiger partial charge in [-0.15, -0.1) is 0 Å². The minimum atomic E-state index is 0.859. The smallest absolute Gasteiger partial charge is 0.0450 e. The normalized spacial score (nSPS) is 11.2. The number of unbranched alkanes of at least 4 members (excludes halogenated alkanes) is 2. The van der Waals surface area contributed by atoms with E-state index in [9.17, 15) is 0 Å². The van der Waals surface area contributed by atoms with Crippen molar-refractivity contribution in [3.8, 4) is 0 Å². The number of nitrogens with zero attached hydrogens (tertiary/aromatic N) is 1. The van der Waals surface area contributed by atoms with Crippen LogP contribution < -0.4 is 5.32 Å². The van der Waals surface area contributed by atoms with Gasteiger partial charge < -0.3 is 10.2 Å². The molecule has 0 atom stereocenters. The number of rotatable bonds is 12. The summed E-state index contributed by atoms with van der Waals surface area (Å²) in [7, 11) is 0. The third kappa shape index (κ3) is 8.45. The predicted octanol–water partition coefficient (Wildman–Crippen LogP) is 4.72. The molecule has 0 fully saturated rings. The quantitative estimate of drug-likeness (QED) is 0.562. The lowest BCUT2D eigenvalue weighted by Gasteiger charge is -2.22. The van der Waals surface area contributed by atoms with E-state index < -0.39 is 0 Å². The van der Waals surface area contributed by atoms with E-state index in [4.69, 9.17) is 11.6 Å². The summed E-state index contributed by atoms with van der Waals surface area (Å²) < 4.78 is 0. The van der Waals surface area contributed by atoms with Crippen LogP contribution in [-0.2, 0) is 6.54 Å². The first kappa shape index (κ1) is 18.5. The van der Waals surface area contributed by atoms with Gasteiger partial charge in [-0.05, 0) is 57.1 Å². The summed E-state index contributed by atoms with van der Waals surface area (Å²) in [5.41, 5.74) is 1.19. The summed E-state index contributed by atoms with van der Waals surface area (Å²) in [4.78, 5) is 2.62. The van der Waals surface area contributed by atoms with Crippen LogP contribution in [0.4, 0.5) is 0 Å². The molecule has 0 bridgehead atoms. The van der Waals surface area contributed by atoms with Gasteiger partial charge in [0.15, 0.2) is 0 Å². The van der Waals surface area contributed by atoms with Gasteiger partial charge in [0.25, 0.3) is 0 Å². The lowest BCUT2D eigenvalue weighted by Crippen LogP contribution is -2.29. The second-order valence-corrected chi connectivity index (χ2v) is 6.08. The molecule has 0 radical (unpaired) electrons. The number of benzene rings is 1. The zero-order valence-corrected chi connectivity index (χ0v) is 14.5. The van der Waals surface area contributed by atoms with Crippen LogP contribution >= 0.6 is 11.6 Å². The van der Waals surface area contributed by atoms with Crippen LogP contribution in [0.5, 0.6) is 0 Å². The van der Waals surface area contributed by atoms with E-state index in [0.29, 0.717) is 0 Å². The second kappa shape index (κ2) is 12.0. The summed E-state index contributed by atoms with van der Waals surface area (Å²) in [6.45, 7) is 10.2. The molecule has 1 aromatic carbocycles. The zero-order chi connectivity index (χ0) is 15.3. The highest BCUT2D eigenvalue weighted by molar-refractivity contribution is 6.31. The second-order valence-electron chi connectivity index (χ2n) is 5.67. The summed E-state index contributed by atoms with van der Waals surface area (Å²) in [5, 5.41) is 4.36. The van der Waals surface area contributed by atoms with E-state index in [1.54, 1.807) is 0 Å². The molecule has 120 valence electrons. The standard InChI is InChI=1S/C18H31ClN2/c1-3-5-13-21(14-6-4-2)15-9-12-20-16-17-10-7-8-11-18(17)19/h7-8,10-11,20H,3-6,9,12-16H2,1-2H3. The van der Waals surface area contributed by atoms with Gasteiger partial charge in [-0.3, -0.25) is 0 Å². The molecule has 0 amide bonds. The zero-order valence-electron chi connectivity index (χ0n) is 13.7. The van der Waals surface area contributed by atoms with Crippen LogP contribution in [0.25, 0.3) is 0 Å². The van der Waals surface area contributed by atoms with Gasteiger partial charge in [0.1, 0.15) is 0 Å². The molecular formula is C18H31ClN2. The van der Waals surface area contributed by atoms with Crippen molar-refractivity contribution >= 4 is 11.6 Å². The number of nitrogens with one attached hydrogen (secondary N) is 1. The van der Waals surface area contributed by atoms with Crippen molar-refractivity contribution in [1.82, 2.24) is 10.2 Å². The van der Waals surface area contributed by atoms with Gasteiger partial charge in [-0.1, -0.05) is 56.5 Å². The Bertz CT molecular complexity index is 360. The van der Waals surface area contributed by atoms with Crippen molar-refractivity contribution in [1.29, 1.82) is 0 Å². The first-order valence-corrected chi connectivity index (χ1v) is 8.82. The van der Waals surface area contributed by atoms with Gasteiger partial charge in [-0.2, -0.15) is 0 Å². The summed E-state index contributed by atoms with van der Waals surface area (Å²) in [6, 6.07) is 8.06. The van der Waals surface area contributed by atoms with E-state index in [0.717, 1.165) is 18.1 Å². The lowest BCUT2D eigenvalue weighted by atomic mass is 10.2.